The molecule has 0 aliphatic carbocycles. The van der Waals surface area contributed by atoms with E-state index in [0.29, 0.717) is 6.42 Å². The number of hydrogen-bond acceptors (Lipinski definition) is 3. The first-order valence-electron chi connectivity index (χ1n) is 7.53. The van der Waals surface area contributed by atoms with Crippen LogP contribution in [0.1, 0.15) is 17.3 Å². The van der Waals surface area contributed by atoms with E-state index in [1.807, 2.05) is 60.9 Å². The lowest BCUT2D eigenvalue weighted by molar-refractivity contribution is -0.121. The molecule has 1 heterocycles. The zero-order valence-electron chi connectivity index (χ0n) is 13.0. The third-order valence-corrected chi connectivity index (χ3v) is 4.41. The Morgan fingerprint density at radius 1 is 1.17 bits per heavy atom. The lowest BCUT2D eigenvalue weighted by Crippen LogP contribution is -2.31. The van der Waals surface area contributed by atoms with Crippen molar-refractivity contribution in [3.8, 4) is 0 Å². The second kappa shape index (κ2) is 7.33. The van der Waals surface area contributed by atoms with Crippen LogP contribution in [-0.2, 0) is 11.2 Å². The van der Waals surface area contributed by atoms with Crippen LogP contribution in [0.25, 0.3) is 10.9 Å². The molecule has 0 aliphatic heterocycles. The van der Waals surface area contributed by atoms with Crippen LogP contribution >= 0.6 is 11.8 Å². The summed E-state index contributed by atoms with van der Waals surface area (Å²) in [6.07, 6.45) is 2.35. The van der Waals surface area contributed by atoms with Gasteiger partial charge in [-0.1, -0.05) is 48.5 Å². The fourth-order valence-electron chi connectivity index (χ4n) is 2.63. The van der Waals surface area contributed by atoms with Crippen molar-refractivity contribution in [1.29, 1.82) is 0 Å². The number of para-hydroxylation sites is 1. The molecule has 0 saturated heterocycles. The number of aromatic nitrogens is 2. The molecule has 1 atom stereocenters. The van der Waals surface area contributed by atoms with Gasteiger partial charge in [0, 0.05) is 11.1 Å². The number of benzene rings is 2. The van der Waals surface area contributed by atoms with E-state index < -0.39 is 0 Å². The van der Waals surface area contributed by atoms with Gasteiger partial charge in [-0.25, -0.2) is 0 Å². The van der Waals surface area contributed by atoms with Gasteiger partial charge in [0.1, 0.15) is 0 Å². The van der Waals surface area contributed by atoms with Crippen LogP contribution in [0.2, 0.25) is 0 Å². The quantitative estimate of drug-likeness (QED) is 0.731. The van der Waals surface area contributed by atoms with Crippen LogP contribution in [-0.4, -0.2) is 28.1 Å². The molecule has 2 aromatic carbocycles. The minimum Gasteiger partial charge on any atom is -0.348 e. The van der Waals surface area contributed by atoms with Crippen molar-refractivity contribution in [3.05, 3.63) is 65.9 Å². The molecule has 3 rings (SSSR count). The van der Waals surface area contributed by atoms with Crippen molar-refractivity contribution in [3.63, 3.8) is 0 Å². The smallest absolute Gasteiger partial charge is 0.226 e. The van der Waals surface area contributed by atoms with Crippen LogP contribution in [0.15, 0.2) is 54.6 Å². The molecule has 0 spiro atoms. The van der Waals surface area contributed by atoms with E-state index in [0.717, 1.165) is 27.9 Å². The first-order chi connectivity index (χ1) is 11.3. The Bertz CT molecular complexity index is 785. The van der Waals surface area contributed by atoms with Crippen LogP contribution < -0.4 is 5.32 Å². The van der Waals surface area contributed by atoms with E-state index in [-0.39, 0.29) is 11.9 Å². The summed E-state index contributed by atoms with van der Waals surface area (Å²) in [7, 11) is 0. The van der Waals surface area contributed by atoms with Gasteiger partial charge in [-0.3, -0.25) is 9.89 Å². The van der Waals surface area contributed by atoms with Crippen molar-refractivity contribution >= 4 is 28.6 Å². The van der Waals surface area contributed by atoms with Crippen molar-refractivity contribution in [1.82, 2.24) is 15.5 Å². The van der Waals surface area contributed by atoms with Crippen LogP contribution in [0.3, 0.4) is 0 Å². The normalized spacial score (nSPS) is 12.2. The Kier molecular flexibility index (Phi) is 4.98. The summed E-state index contributed by atoms with van der Waals surface area (Å²) < 4.78 is 0. The Morgan fingerprint density at radius 2 is 1.91 bits per heavy atom. The van der Waals surface area contributed by atoms with Gasteiger partial charge in [0.05, 0.1) is 23.7 Å². The number of rotatable bonds is 6. The molecule has 0 radical (unpaired) electrons. The summed E-state index contributed by atoms with van der Waals surface area (Å²) in [5.74, 6) is 0.849. The number of H-pyrrole nitrogens is 1. The predicted molar refractivity (Wildman–Crippen MR) is 95.5 cm³/mol. The number of nitrogens with one attached hydrogen (secondary N) is 2. The van der Waals surface area contributed by atoms with Crippen molar-refractivity contribution in [2.24, 2.45) is 0 Å². The number of amides is 1. The molecular formula is C18H19N3OS. The molecule has 0 unspecified atom stereocenters. The minimum absolute atomic E-state index is 0.00214. The molecule has 1 aromatic heterocycles. The number of nitrogens with zero attached hydrogens (tertiary/aromatic N) is 1. The van der Waals surface area contributed by atoms with Crippen LogP contribution in [0.4, 0.5) is 0 Å². The summed E-state index contributed by atoms with van der Waals surface area (Å²) in [5, 5.41) is 11.3. The zero-order valence-corrected chi connectivity index (χ0v) is 13.8. The third-order valence-electron chi connectivity index (χ3n) is 3.75. The summed E-state index contributed by atoms with van der Waals surface area (Å²) in [5.41, 5.74) is 2.87. The SMILES string of the molecule is CSC[C@H](NC(=O)Cc1[nH]nc2ccccc12)c1ccccc1. The van der Waals surface area contributed by atoms with Crippen LogP contribution in [0.5, 0.6) is 0 Å². The van der Waals surface area contributed by atoms with E-state index in [1.165, 1.54) is 0 Å². The number of fused-ring (bicyclic) bond motifs is 1. The minimum atomic E-state index is 0.00214. The summed E-state index contributed by atoms with van der Waals surface area (Å²) in [6.45, 7) is 0. The molecule has 0 bridgehead atoms. The van der Waals surface area contributed by atoms with Crippen molar-refractivity contribution in [2.75, 3.05) is 12.0 Å². The van der Waals surface area contributed by atoms with E-state index in [2.05, 4.69) is 15.5 Å². The first kappa shape index (κ1) is 15.6. The number of thioether (sulfide) groups is 1. The summed E-state index contributed by atoms with van der Waals surface area (Å²) >= 11 is 1.72. The fraction of sp³-hybridized carbons (Fsp3) is 0.222. The molecule has 1 amide bonds. The summed E-state index contributed by atoms with van der Waals surface area (Å²) in [6, 6.07) is 17.9. The lowest BCUT2D eigenvalue weighted by Gasteiger charge is -2.18. The highest BCUT2D eigenvalue weighted by atomic mass is 32.2. The van der Waals surface area contributed by atoms with Crippen molar-refractivity contribution in [2.45, 2.75) is 12.5 Å². The standard InChI is InChI=1S/C18H19N3OS/c1-23-12-17(13-7-3-2-4-8-13)19-18(22)11-16-14-9-5-6-10-15(14)20-21-16/h2-10,17H,11-12H2,1H3,(H,19,22)(H,20,21)/t17-/m0/s1. The Morgan fingerprint density at radius 3 is 2.70 bits per heavy atom. The monoisotopic (exact) mass is 325 g/mol. The van der Waals surface area contributed by atoms with Gasteiger partial charge < -0.3 is 5.32 Å². The molecule has 118 valence electrons. The van der Waals surface area contributed by atoms with E-state index in [9.17, 15) is 4.79 Å². The molecule has 2 N–H and O–H groups in total. The highest BCUT2D eigenvalue weighted by Crippen LogP contribution is 2.19. The Hall–Kier alpha value is -2.27. The second-order valence-corrected chi connectivity index (χ2v) is 6.29. The van der Waals surface area contributed by atoms with Gasteiger partial charge in [-0.2, -0.15) is 16.9 Å². The second-order valence-electron chi connectivity index (χ2n) is 5.38. The van der Waals surface area contributed by atoms with Gasteiger partial charge in [-0.05, 0) is 17.9 Å². The molecule has 4 nitrogen and oxygen atoms in total. The lowest BCUT2D eigenvalue weighted by atomic mass is 10.1. The van der Waals surface area contributed by atoms with Gasteiger partial charge in [-0.15, -0.1) is 0 Å². The van der Waals surface area contributed by atoms with Crippen molar-refractivity contribution < 1.29 is 4.79 Å². The largest absolute Gasteiger partial charge is 0.348 e. The number of hydrogen-bond donors (Lipinski definition) is 2. The number of carbonyl (C=O) groups excluding carboxylic acids is 1. The molecular weight excluding hydrogens is 306 g/mol. The van der Waals surface area contributed by atoms with Gasteiger partial charge in [0.25, 0.3) is 0 Å². The van der Waals surface area contributed by atoms with Gasteiger partial charge in [0.15, 0.2) is 0 Å². The van der Waals surface area contributed by atoms with Gasteiger partial charge >= 0.3 is 0 Å². The average molecular weight is 325 g/mol. The van der Waals surface area contributed by atoms with E-state index in [4.69, 9.17) is 0 Å². The zero-order chi connectivity index (χ0) is 16.1. The molecule has 0 saturated carbocycles. The molecule has 3 aromatic rings. The first-order valence-corrected chi connectivity index (χ1v) is 8.92. The highest BCUT2D eigenvalue weighted by molar-refractivity contribution is 7.98. The molecule has 5 heteroatoms. The highest BCUT2D eigenvalue weighted by Gasteiger charge is 2.16. The maximum atomic E-state index is 12.4. The number of carbonyl (C=O) groups is 1. The Balaban J connectivity index is 1.72. The molecule has 0 fully saturated rings. The molecule has 0 aliphatic rings. The molecule has 23 heavy (non-hydrogen) atoms. The topological polar surface area (TPSA) is 57.8 Å². The van der Waals surface area contributed by atoms with E-state index in [1.54, 1.807) is 11.8 Å². The van der Waals surface area contributed by atoms with E-state index >= 15 is 0 Å². The number of aromatic amines is 1. The predicted octanol–water partition coefficient (Wildman–Crippen LogP) is 3.33. The maximum absolute atomic E-state index is 12.4. The maximum Gasteiger partial charge on any atom is 0.226 e. The fourth-order valence-corrected chi connectivity index (χ4v) is 3.24. The van der Waals surface area contributed by atoms with Gasteiger partial charge in [0.2, 0.25) is 5.91 Å². The Labute approximate surface area is 139 Å². The average Bonchev–Trinajstić information content (AvgIpc) is 2.98. The van der Waals surface area contributed by atoms with Crippen LogP contribution in [0, 0.1) is 0 Å². The third kappa shape index (κ3) is 3.74. The summed E-state index contributed by atoms with van der Waals surface area (Å²) in [4.78, 5) is 12.4.